The third kappa shape index (κ3) is 3.21. The molecule has 1 nitrogen and oxygen atoms in total. The first-order chi connectivity index (χ1) is 10.8. The molecule has 0 aromatic heterocycles. The summed E-state index contributed by atoms with van der Waals surface area (Å²) in [5.74, 6) is 0. The monoisotopic (exact) mass is 305 g/mol. The standard InChI is InChI=1S/C20H20NP/c1-16(17-12-14-18(21)15-13-17)22(19-8-4-2-5-9-19)20-10-6-3-7-11-20/h2-16H,21H2,1H3. The summed E-state index contributed by atoms with van der Waals surface area (Å²) in [6.07, 6.45) is 0. The van der Waals surface area contributed by atoms with Gasteiger partial charge >= 0.3 is 0 Å². The molecule has 0 aliphatic heterocycles. The second-order valence-corrected chi connectivity index (χ2v) is 7.93. The van der Waals surface area contributed by atoms with Crippen molar-refractivity contribution in [3.05, 3.63) is 90.5 Å². The number of nitrogen functional groups attached to an aromatic ring is 1. The van der Waals surface area contributed by atoms with Crippen LogP contribution in [0, 0.1) is 0 Å². The molecule has 0 saturated heterocycles. The van der Waals surface area contributed by atoms with E-state index in [0.29, 0.717) is 5.66 Å². The number of hydrogen-bond donors (Lipinski definition) is 1. The Morgan fingerprint density at radius 2 is 1.14 bits per heavy atom. The summed E-state index contributed by atoms with van der Waals surface area (Å²) in [5, 5.41) is 2.82. The van der Waals surface area contributed by atoms with Gasteiger partial charge in [0.1, 0.15) is 0 Å². The van der Waals surface area contributed by atoms with Gasteiger partial charge in [-0.1, -0.05) is 79.7 Å². The largest absolute Gasteiger partial charge is 0.399 e. The number of anilines is 1. The SMILES string of the molecule is CC(c1ccc(N)cc1)P(c1ccccc1)c1ccccc1. The van der Waals surface area contributed by atoms with Gasteiger partial charge in [-0.3, -0.25) is 0 Å². The zero-order chi connectivity index (χ0) is 15.4. The van der Waals surface area contributed by atoms with Crippen LogP contribution in [0.15, 0.2) is 84.9 Å². The average Bonchev–Trinajstić information content (AvgIpc) is 2.57. The van der Waals surface area contributed by atoms with Crippen LogP contribution in [0.5, 0.6) is 0 Å². The lowest BCUT2D eigenvalue weighted by molar-refractivity contribution is 1.09. The predicted molar refractivity (Wildman–Crippen MR) is 98.3 cm³/mol. The molecule has 0 amide bonds. The number of rotatable bonds is 4. The fourth-order valence-corrected chi connectivity index (χ4v) is 5.35. The molecule has 0 aliphatic carbocycles. The lowest BCUT2D eigenvalue weighted by Crippen LogP contribution is -2.15. The van der Waals surface area contributed by atoms with Crippen molar-refractivity contribution >= 4 is 24.2 Å². The third-order valence-electron chi connectivity index (χ3n) is 3.87. The average molecular weight is 305 g/mol. The van der Waals surface area contributed by atoms with Crippen LogP contribution >= 0.6 is 7.92 Å². The molecule has 0 saturated carbocycles. The Balaban J connectivity index is 2.04. The molecule has 3 aromatic rings. The summed E-state index contributed by atoms with van der Waals surface area (Å²) < 4.78 is 0. The molecule has 110 valence electrons. The first-order valence-corrected chi connectivity index (χ1v) is 8.91. The summed E-state index contributed by atoms with van der Waals surface area (Å²) >= 11 is 0. The van der Waals surface area contributed by atoms with Gasteiger partial charge < -0.3 is 5.73 Å². The van der Waals surface area contributed by atoms with E-state index in [4.69, 9.17) is 5.73 Å². The fraction of sp³-hybridized carbons (Fsp3) is 0.100. The summed E-state index contributed by atoms with van der Waals surface area (Å²) in [5.41, 5.74) is 8.44. The van der Waals surface area contributed by atoms with E-state index >= 15 is 0 Å². The second kappa shape index (κ2) is 6.77. The van der Waals surface area contributed by atoms with Crippen LogP contribution in [0.4, 0.5) is 5.69 Å². The summed E-state index contributed by atoms with van der Waals surface area (Å²) in [7, 11) is -0.439. The Bertz CT molecular complexity index is 668. The Labute approximate surface area is 133 Å². The Morgan fingerprint density at radius 3 is 1.59 bits per heavy atom. The highest BCUT2D eigenvalue weighted by Gasteiger charge is 2.22. The summed E-state index contributed by atoms with van der Waals surface area (Å²) in [4.78, 5) is 0. The Kier molecular flexibility index (Phi) is 4.56. The van der Waals surface area contributed by atoms with Crippen LogP contribution in [-0.2, 0) is 0 Å². The lowest BCUT2D eigenvalue weighted by atomic mass is 10.1. The van der Waals surface area contributed by atoms with Gasteiger partial charge in [0.25, 0.3) is 0 Å². The van der Waals surface area contributed by atoms with Crippen molar-refractivity contribution in [1.82, 2.24) is 0 Å². The minimum Gasteiger partial charge on any atom is -0.399 e. The van der Waals surface area contributed by atoms with E-state index in [1.54, 1.807) is 0 Å². The highest BCUT2D eigenvalue weighted by Crippen LogP contribution is 2.49. The van der Waals surface area contributed by atoms with E-state index in [1.165, 1.54) is 16.2 Å². The van der Waals surface area contributed by atoms with Crippen molar-refractivity contribution in [3.63, 3.8) is 0 Å². The molecule has 2 heteroatoms. The Hall–Kier alpha value is -2.11. The number of benzene rings is 3. The molecule has 0 spiro atoms. The van der Waals surface area contributed by atoms with Crippen molar-refractivity contribution in [2.45, 2.75) is 12.6 Å². The molecule has 1 atom stereocenters. The Morgan fingerprint density at radius 1 is 0.682 bits per heavy atom. The van der Waals surface area contributed by atoms with Gasteiger partial charge in [-0.15, -0.1) is 0 Å². The molecule has 0 fully saturated rings. The molecule has 3 rings (SSSR count). The van der Waals surface area contributed by atoms with E-state index in [9.17, 15) is 0 Å². The third-order valence-corrected chi connectivity index (χ3v) is 6.66. The fourth-order valence-electron chi connectivity index (χ4n) is 2.70. The van der Waals surface area contributed by atoms with Gasteiger partial charge in [-0.05, 0) is 36.2 Å². The molecule has 3 aromatic carbocycles. The van der Waals surface area contributed by atoms with Gasteiger partial charge in [0, 0.05) is 11.3 Å². The molecular weight excluding hydrogens is 285 g/mol. The second-order valence-electron chi connectivity index (χ2n) is 5.38. The van der Waals surface area contributed by atoms with Crippen LogP contribution in [0.3, 0.4) is 0 Å². The van der Waals surface area contributed by atoms with Crippen molar-refractivity contribution in [2.24, 2.45) is 0 Å². The van der Waals surface area contributed by atoms with Gasteiger partial charge in [0.2, 0.25) is 0 Å². The predicted octanol–water partition coefficient (Wildman–Crippen LogP) is 4.46. The van der Waals surface area contributed by atoms with Crippen LogP contribution in [-0.4, -0.2) is 0 Å². The maximum Gasteiger partial charge on any atom is 0.0314 e. The zero-order valence-electron chi connectivity index (χ0n) is 12.7. The number of hydrogen-bond acceptors (Lipinski definition) is 1. The smallest absolute Gasteiger partial charge is 0.0314 e. The van der Waals surface area contributed by atoms with Crippen LogP contribution in [0.1, 0.15) is 18.1 Å². The first kappa shape index (κ1) is 14.8. The molecule has 0 bridgehead atoms. The van der Waals surface area contributed by atoms with Crippen molar-refractivity contribution in [3.8, 4) is 0 Å². The lowest BCUT2D eigenvalue weighted by Gasteiger charge is -2.26. The van der Waals surface area contributed by atoms with Crippen molar-refractivity contribution in [1.29, 1.82) is 0 Å². The maximum atomic E-state index is 5.83. The minimum atomic E-state index is -0.439. The molecule has 1 unspecified atom stereocenters. The van der Waals surface area contributed by atoms with E-state index in [0.717, 1.165) is 5.69 Å². The molecule has 0 aliphatic rings. The van der Waals surface area contributed by atoms with Crippen LogP contribution in [0.2, 0.25) is 0 Å². The van der Waals surface area contributed by atoms with Crippen LogP contribution in [0.25, 0.3) is 0 Å². The van der Waals surface area contributed by atoms with E-state index < -0.39 is 7.92 Å². The maximum absolute atomic E-state index is 5.83. The molecule has 0 heterocycles. The van der Waals surface area contributed by atoms with Crippen LogP contribution < -0.4 is 16.3 Å². The quantitative estimate of drug-likeness (QED) is 0.559. The first-order valence-electron chi connectivity index (χ1n) is 7.50. The van der Waals surface area contributed by atoms with Gasteiger partial charge in [0.15, 0.2) is 0 Å². The summed E-state index contributed by atoms with van der Waals surface area (Å²) in [6.45, 7) is 2.32. The molecular formula is C20H20NP. The van der Waals surface area contributed by atoms with E-state index in [2.05, 4.69) is 79.7 Å². The zero-order valence-corrected chi connectivity index (χ0v) is 13.6. The number of nitrogens with two attached hydrogens (primary N) is 1. The van der Waals surface area contributed by atoms with Crippen molar-refractivity contribution in [2.75, 3.05) is 5.73 Å². The van der Waals surface area contributed by atoms with Gasteiger partial charge in [-0.2, -0.15) is 0 Å². The van der Waals surface area contributed by atoms with E-state index in [-0.39, 0.29) is 0 Å². The van der Waals surface area contributed by atoms with Crippen molar-refractivity contribution < 1.29 is 0 Å². The molecule has 0 radical (unpaired) electrons. The molecule has 2 N–H and O–H groups in total. The topological polar surface area (TPSA) is 26.0 Å². The highest BCUT2D eigenvalue weighted by molar-refractivity contribution is 7.73. The molecule has 22 heavy (non-hydrogen) atoms. The highest BCUT2D eigenvalue weighted by atomic mass is 31.1. The van der Waals surface area contributed by atoms with Gasteiger partial charge in [0.05, 0.1) is 0 Å². The minimum absolute atomic E-state index is 0.439. The normalized spacial score (nSPS) is 12.3. The van der Waals surface area contributed by atoms with E-state index in [1.807, 2.05) is 12.1 Å². The van der Waals surface area contributed by atoms with Gasteiger partial charge in [-0.25, -0.2) is 0 Å². The summed E-state index contributed by atoms with van der Waals surface area (Å²) in [6, 6.07) is 29.9.